The molecule has 0 aliphatic carbocycles. The van der Waals surface area contributed by atoms with Crippen LogP contribution in [0.1, 0.15) is 32.3 Å². The van der Waals surface area contributed by atoms with Crippen LogP contribution in [0, 0.1) is 0 Å². The summed E-state index contributed by atoms with van der Waals surface area (Å²) < 4.78 is 46.7. The van der Waals surface area contributed by atoms with E-state index in [1.807, 2.05) is 13.8 Å². The second-order valence-corrected chi connectivity index (χ2v) is 7.47. The zero-order valence-corrected chi connectivity index (χ0v) is 17.8. The molecule has 1 aliphatic rings. The summed E-state index contributed by atoms with van der Waals surface area (Å²) >= 11 is 0. The Labute approximate surface area is 184 Å². The van der Waals surface area contributed by atoms with Gasteiger partial charge >= 0.3 is 6.36 Å². The molecule has 32 heavy (non-hydrogen) atoms. The molecule has 0 radical (unpaired) electrons. The van der Waals surface area contributed by atoms with Crippen LogP contribution in [0.3, 0.4) is 0 Å². The number of alkyl halides is 3. The summed E-state index contributed by atoms with van der Waals surface area (Å²) in [6.45, 7) is 4.00. The molecule has 0 saturated carbocycles. The van der Waals surface area contributed by atoms with Crippen LogP contribution in [0.25, 0.3) is 0 Å². The number of carbonyl (C=O) groups excluding carboxylic acids is 2. The SMILES string of the molecule is CCC(CC)NC(=O)C1CN(C(=O)Cc2ccc(OC(F)(F)F)cc2)c2ccccc2O1. The minimum absolute atomic E-state index is 0.0184. The number of amides is 2. The Morgan fingerprint density at radius 1 is 1.12 bits per heavy atom. The van der Waals surface area contributed by atoms with Crippen LogP contribution in [-0.4, -0.2) is 36.9 Å². The van der Waals surface area contributed by atoms with Gasteiger partial charge < -0.3 is 19.7 Å². The monoisotopic (exact) mass is 450 g/mol. The molecule has 1 heterocycles. The van der Waals surface area contributed by atoms with Gasteiger partial charge in [-0.05, 0) is 42.7 Å². The van der Waals surface area contributed by atoms with Crippen molar-refractivity contribution in [3.05, 3.63) is 54.1 Å². The summed E-state index contributed by atoms with van der Waals surface area (Å²) in [6, 6.07) is 12.1. The van der Waals surface area contributed by atoms with E-state index < -0.39 is 12.5 Å². The average molecular weight is 450 g/mol. The van der Waals surface area contributed by atoms with Crippen molar-refractivity contribution in [2.75, 3.05) is 11.4 Å². The molecule has 1 unspecified atom stereocenters. The maximum atomic E-state index is 13.1. The number of carbonyl (C=O) groups is 2. The average Bonchev–Trinajstić information content (AvgIpc) is 2.76. The highest BCUT2D eigenvalue weighted by Crippen LogP contribution is 2.34. The molecule has 1 aliphatic heterocycles. The third-order valence-electron chi connectivity index (χ3n) is 5.21. The zero-order valence-electron chi connectivity index (χ0n) is 17.8. The molecule has 0 aromatic heterocycles. The van der Waals surface area contributed by atoms with E-state index in [2.05, 4.69) is 10.1 Å². The van der Waals surface area contributed by atoms with Gasteiger partial charge in [0.05, 0.1) is 18.7 Å². The summed E-state index contributed by atoms with van der Waals surface area (Å²) in [5, 5.41) is 2.94. The van der Waals surface area contributed by atoms with Crippen molar-refractivity contribution in [3.63, 3.8) is 0 Å². The molecule has 0 fully saturated rings. The highest BCUT2D eigenvalue weighted by molar-refractivity contribution is 5.98. The molecule has 1 N–H and O–H groups in total. The zero-order chi connectivity index (χ0) is 23.3. The van der Waals surface area contributed by atoms with Gasteiger partial charge in [-0.25, -0.2) is 0 Å². The first kappa shape index (κ1) is 23.4. The van der Waals surface area contributed by atoms with E-state index in [4.69, 9.17) is 4.74 Å². The summed E-state index contributed by atoms with van der Waals surface area (Å²) in [5.74, 6) is -0.528. The van der Waals surface area contributed by atoms with Crippen molar-refractivity contribution in [1.29, 1.82) is 0 Å². The predicted molar refractivity (Wildman–Crippen MR) is 113 cm³/mol. The summed E-state index contributed by atoms with van der Waals surface area (Å²) in [5.41, 5.74) is 1.06. The highest BCUT2D eigenvalue weighted by atomic mass is 19.4. The lowest BCUT2D eigenvalue weighted by atomic mass is 10.1. The van der Waals surface area contributed by atoms with Crippen LogP contribution >= 0.6 is 0 Å². The maximum Gasteiger partial charge on any atom is 0.573 e. The summed E-state index contributed by atoms with van der Waals surface area (Å²) in [4.78, 5) is 27.3. The standard InChI is InChI=1S/C23H25F3N2O4/c1-3-16(4-2)27-22(30)20-14-28(18-7-5-6-8-19(18)31-20)21(29)13-15-9-11-17(12-10-15)32-23(24,25)26/h5-12,16,20H,3-4,13-14H2,1-2H3,(H,27,30). The Kier molecular flexibility index (Phi) is 7.27. The van der Waals surface area contributed by atoms with E-state index >= 15 is 0 Å². The summed E-state index contributed by atoms with van der Waals surface area (Å²) in [7, 11) is 0. The molecule has 2 amide bonds. The molecular formula is C23H25F3N2O4. The van der Waals surface area contributed by atoms with Gasteiger partial charge in [-0.1, -0.05) is 38.1 Å². The number of ether oxygens (including phenoxy) is 2. The van der Waals surface area contributed by atoms with Crippen molar-refractivity contribution in [2.45, 2.75) is 51.6 Å². The first-order valence-electron chi connectivity index (χ1n) is 10.4. The minimum atomic E-state index is -4.78. The third kappa shape index (κ3) is 5.93. The molecular weight excluding hydrogens is 425 g/mol. The second-order valence-electron chi connectivity index (χ2n) is 7.47. The Hall–Kier alpha value is -3.23. The number of rotatable bonds is 7. The summed E-state index contributed by atoms with van der Waals surface area (Å²) in [6.07, 6.45) is -4.14. The lowest BCUT2D eigenvalue weighted by molar-refractivity contribution is -0.274. The van der Waals surface area contributed by atoms with Gasteiger partial charge in [-0.15, -0.1) is 13.2 Å². The number of anilines is 1. The first-order chi connectivity index (χ1) is 15.2. The van der Waals surface area contributed by atoms with Crippen LogP contribution < -0.4 is 19.7 Å². The number of benzene rings is 2. The Bertz CT molecular complexity index is 943. The van der Waals surface area contributed by atoms with Gasteiger partial charge in [-0.2, -0.15) is 0 Å². The molecule has 3 rings (SSSR count). The third-order valence-corrected chi connectivity index (χ3v) is 5.21. The van der Waals surface area contributed by atoms with E-state index in [1.54, 1.807) is 24.3 Å². The van der Waals surface area contributed by atoms with Crippen molar-refractivity contribution in [1.82, 2.24) is 5.32 Å². The Balaban J connectivity index is 1.74. The first-order valence-corrected chi connectivity index (χ1v) is 10.4. The number of hydrogen-bond donors (Lipinski definition) is 1. The molecule has 0 saturated heterocycles. The molecule has 2 aromatic carbocycles. The van der Waals surface area contributed by atoms with E-state index in [1.165, 1.54) is 17.0 Å². The largest absolute Gasteiger partial charge is 0.573 e. The predicted octanol–water partition coefficient (Wildman–Crippen LogP) is 4.23. The number of halogens is 3. The van der Waals surface area contributed by atoms with Crippen molar-refractivity contribution >= 4 is 17.5 Å². The molecule has 1 atom stereocenters. The van der Waals surface area contributed by atoms with Crippen LogP contribution in [0.2, 0.25) is 0 Å². The van der Waals surface area contributed by atoms with Crippen molar-refractivity contribution in [2.24, 2.45) is 0 Å². The quantitative estimate of drug-likeness (QED) is 0.686. The lowest BCUT2D eigenvalue weighted by Gasteiger charge is -2.34. The Morgan fingerprint density at radius 3 is 2.41 bits per heavy atom. The molecule has 172 valence electrons. The van der Waals surface area contributed by atoms with E-state index in [0.717, 1.165) is 25.0 Å². The maximum absolute atomic E-state index is 13.1. The van der Waals surface area contributed by atoms with Crippen LogP contribution in [-0.2, 0) is 16.0 Å². The van der Waals surface area contributed by atoms with Gasteiger partial charge in [0, 0.05) is 6.04 Å². The molecule has 0 bridgehead atoms. The topological polar surface area (TPSA) is 67.9 Å². The number of nitrogens with one attached hydrogen (secondary N) is 1. The highest BCUT2D eigenvalue weighted by Gasteiger charge is 2.34. The van der Waals surface area contributed by atoms with E-state index in [-0.39, 0.29) is 36.6 Å². The minimum Gasteiger partial charge on any atom is -0.477 e. The second kappa shape index (κ2) is 9.93. The van der Waals surface area contributed by atoms with Gasteiger partial charge in [0.25, 0.3) is 5.91 Å². The number of para-hydroxylation sites is 2. The normalized spacial score (nSPS) is 15.7. The van der Waals surface area contributed by atoms with E-state index in [0.29, 0.717) is 17.0 Å². The van der Waals surface area contributed by atoms with Crippen LogP contribution in [0.4, 0.5) is 18.9 Å². The fourth-order valence-corrected chi connectivity index (χ4v) is 3.47. The molecule has 2 aromatic rings. The fraction of sp³-hybridized carbons (Fsp3) is 0.391. The van der Waals surface area contributed by atoms with Crippen LogP contribution in [0.15, 0.2) is 48.5 Å². The number of fused-ring (bicyclic) bond motifs is 1. The van der Waals surface area contributed by atoms with Gasteiger partial charge in [-0.3, -0.25) is 9.59 Å². The van der Waals surface area contributed by atoms with Crippen molar-refractivity contribution in [3.8, 4) is 11.5 Å². The lowest BCUT2D eigenvalue weighted by Crippen LogP contribution is -2.52. The van der Waals surface area contributed by atoms with Crippen LogP contribution in [0.5, 0.6) is 11.5 Å². The molecule has 0 spiro atoms. The Morgan fingerprint density at radius 2 is 1.78 bits per heavy atom. The fourth-order valence-electron chi connectivity index (χ4n) is 3.47. The van der Waals surface area contributed by atoms with Gasteiger partial charge in [0.15, 0.2) is 6.10 Å². The smallest absolute Gasteiger partial charge is 0.477 e. The van der Waals surface area contributed by atoms with Crippen molar-refractivity contribution < 1.29 is 32.2 Å². The molecule has 9 heteroatoms. The number of nitrogens with zero attached hydrogens (tertiary/aromatic N) is 1. The van der Waals surface area contributed by atoms with E-state index in [9.17, 15) is 22.8 Å². The van der Waals surface area contributed by atoms with Gasteiger partial charge in [0.2, 0.25) is 5.91 Å². The molecule has 6 nitrogen and oxygen atoms in total. The number of hydrogen-bond acceptors (Lipinski definition) is 4. The van der Waals surface area contributed by atoms with Gasteiger partial charge in [0.1, 0.15) is 11.5 Å².